The molecule has 7 heteroatoms. The van der Waals surface area contributed by atoms with E-state index in [-0.39, 0.29) is 29.6 Å². The molecule has 1 aliphatic heterocycles. The van der Waals surface area contributed by atoms with Crippen LogP contribution < -0.4 is 16.0 Å². The molecule has 1 saturated carbocycles. The third-order valence-electron chi connectivity index (χ3n) is 5.50. The van der Waals surface area contributed by atoms with Crippen LogP contribution in [0.25, 0.3) is 0 Å². The second-order valence-corrected chi connectivity index (χ2v) is 7.54. The van der Waals surface area contributed by atoms with Gasteiger partial charge >= 0.3 is 0 Å². The van der Waals surface area contributed by atoms with Gasteiger partial charge in [-0.05, 0) is 49.9 Å². The molecule has 2 atom stereocenters. The predicted octanol–water partition coefficient (Wildman–Crippen LogP) is 3.62. The highest BCUT2D eigenvalue weighted by Gasteiger charge is 2.49. The van der Waals surface area contributed by atoms with Crippen LogP contribution in [-0.4, -0.2) is 31.4 Å². The van der Waals surface area contributed by atoms with Gasteiger partial charge in [-0.2, -0.15) is 0 Å². The minimum Gasteiger partial charge on any atom is -0.352 e. The second kappa shape index (κ2) is 9.07. The number of rotatable bonds is 5. The van der Waals surface area contributed by atoms with Crippen LogP contribution in [0.2, 0.25) is 5.02 Å². The molecule has 1 heterocycles. The van der Waals surface area contributed by atoms with Crippen LogP contribution in [0.15, 0.2) is 18.2 Å². The van der Waals surface area contributed by atoms with Gasteiger partial charge < -0.3 is 16.0 Å². The van der Waals surface area contributed by atoms with E-state index in [1.807, 2.05) is 6.92 Å². The van der Waals surface area contributed by atoms with Gasteiger partial charge in [0.15, 0.2) is 0 Å². The molecule has 1 aliphatic carbocycles. The van der Waals surface area contributed by atoms with E-state index in [1.165, 1.54) is 6.42 Å². The van der Waals surface area contributed by atoms with Crippen molar-refractivity contribution in [1.82, 2.24) is 10.6 Å². The van der Waals surface area contributed by atoms with Gasteiger partial charge in [-0.25, -0.2) is 0 Å². The first-order valence-corrected chi connectivity index (χ1v) is 9.54. The van der Waals surface area contributed by atoms with Gasteiger partial charge in [0.2, 0.25) is 5.91 Å². The second-order valence-electron chi connectivity index (χ2n) is 7.13. The topological polar surface area (TPSA) is 70.2 Å². The van der Waals surface area contributed by atoms with Crippen LogP contribution in [0, 0.1) is 11.3 Å². The summed E-state index contributed by atoms with van der Waals surface area (Å²) in [5, 5.41) is 9.58. The van der Waals surface area contributed by atoms with Crippen LogP contribution in [0.5, 0.6) is 0 Å². The van der Waals surface area contributed by atoms with E-state index < -0.39 is 0 Å². The number of anilines is 1. The van der Waals surface area contributed by atoms with Crippen LogP contribution in [-0.2, 0) is 4.79 Å². The van der Waals surface area contributed by atoms with Crippen molar-refractivity contribution in [3.8, 4) is 0 Å². The maximum atomic E-state index is 13.0. The highest BCUT2D eigenvalue weighted by molar-refractivity contribution is 6.34. The zero-order valence-electron chi connectivity index (χ0n) is 15.1. The van der Waals surface area contributed by atoms with Gasteiger partial charge in [0.25, 0.3) is 5.91 Å². The zero-order chi connectivity index (χ0) is 17.9. The van der Waals surface area contributed by atoms with Crippen molar-refractivity contribution in [2.24, 2.45) is 11.3 Å². The van der Waals surface area contributed by atoms with Gasteiger partial charge in [-0.15, -0.1) is 12.4 Å². The van der Waals surface area contributed by atoms with Crippen molar-refractivity contribution in [3.05, 3.63) is 28.8 Å². The Morgan fingerprint density at radius 2 is 2.15 bits per heavy atom. The molecule has 0 unspecified atom stereocenters. The molecule has 2 amide bonds. The summed E-state index contributed by atoms with van der Waals surface area (Å²) in [5.74, 6) is 0.299. The summed E-state index contributed by atoms with van der Waals surface area (Å²) in [5.41, 5.74) is 0.777. The van der Waals surface area contributed by atoms with E-state index in [0.29, 0.717) is 28.7 Å². The van der Waals surface area contributed by atoms with Gasteiger partial charge in [0.1, 0.15) is 0 Å². The molecule has 2 aliphatic rings. The first-order valence-electron chi connectivity index (χ1n) is 9.17. The summed E-state index contributed by atoms with van der Waals surface area (Å²) in [6, 6.07) is 5.09. The Hall–Kier alpha value is -1.30. The summed E-state index contributed by atoms with van der Waals surface area (Å²) in [6.45, 7) is 4.28. The molecule has 0 radical (unpaired) electrons. The quantitative estimate of drug-likeness (QED) is 0.707. The first kappa shape index (κ1) is 21.0. The van der Waals surface area contributed by atoms with Gasteiger partial charge in [0, 0.05) is 18.8 Å². The molecule has 1 saturated heterocycles. The molecule has 0 bridgehead atoms. The number of hydrogen-bond donors (Lipinski definition) is 3. The number of hydrogen-bond acceptors (Lipinski definition) is 3. The molecule has 3 rings (SSSR count). The van der Waals surface area contributed by atoms with Crippen molar-refractivity contribution >= 4 is 41.5 Å². The third-order valence-corrected chi connectivity index (χ3v) is 5.81. The minimum atomic E-state index is -0.304. The van der Waals surface area contributed by atoms with Gasteiger partial charge in [0.05, 0.1) is 16.0 Å². The monoisotopic (exact) mass is 399 g/mol. The number of amides is 2. The fourth-order valence-electron chi connectivity index (χ4n) is 4.06. The van der Waals surface area contributed by atoms with Crippen molar-refractivity contribution in [2.75, 3.05) is 25.0 Å². The number of halogens is 2. The lowest BCUT2D eigenvalue weighted by atomic mass is 9.67. The highest BCUT2D eigenvalue weighted by Crippen LogP contribution is 2.44. The number of carbonyl (C=O) groups excluding carboxylic acids is 2. The normalized spacial score (nSPS) is 24.3. The van der Waals surface area contributed by atoms with E-state index in [0.717, 1.165) is 38.8 Å². The molecule has 0 spiro atoms. The summed E-state index contributed by atoms with van der Waals surface area (Å²) < 4.78 is 0. The van der Waals surface area contributed by atoms with Crippen LogP contribution in [0.1, 0.15) is 49.4 Å². The summed E-state index contributed by atoms with van der Waals surface area (Å²) in [6.07, 6.45) is 5.21. The summed E-state index contributed by atoms with van der Waals surface area (Å²) in [7, 11) is 0. The Labute approximate surface area is 166 Å². The van der Waals surface area contributed by atoms with Gasteiger partial charge in [-0.1, -0.05) is 31.4 Å². The minimum absolute atomic E-state index is 0. The van der Waals surface area contributed by atoms with Crippen LogP contribution >= 0.6 is 24.0 Å². The Bertz CT molecular complexity index is 668. The zero-order valence-corrected chi connectivity index (χ0v) is 16.6. The maximum Gasteiger partial charge on any atom is 0.252 e. The average Bonchev–Trinajstić information content (AvgIpc) is 3.05. The van der Waals surface area contributed by atoms with E-state index in [2.05, 4.69) is 16.0 Å². The molecule has 26 heavy (non-hydrogen) atoms. The smallest absolute Gasteiger partial charge is 0.252 e. The number of nitrogens with one attached hydrogen (secondary N) is 3. The van der Waals surface area contributed by atoms with Crippen molar-refractivity contribution in [2.45, 2.75) is 39.0 Å². The van der Waals surface area contributed by atoms with Crippen molar-refractivity contribution in [3.63, 3.8) is 0 Å². The predicted molar refractivity (Wildman–Crippen MR) is 107 cm³/mol. The first-order chi connectivity index (χ1) is 12.1. The van der Waals surface area contributed by atoms with E-state index in [4.69, 9.17) is 11.6 Å². The molecule has 0 aromatic heterocycles. The third kappa shape index (κ3) is 4.16. The maximum absolute atomic E-state index is 13.0. The Morgan fingerprint density at radius 1 is 1.35 bits per heavy atom. The average molecular weight is 400 g/mol. The lowest BCUT2D eigenvalue weighted by Crippen LogP contribution is -2.44. The number of carbonyl (C=O) groups is 2. The summed E-state index contributed by atoms with van der Waals surface area (Å²) >= 11 is 6.26. The van der Waals surface area contributed by atoms with Crippen molar-refractivity contribution in [1.29, 1.82) is 0 Å². The van der Waals surface area contributed by atoms with E-state index in [1.54, 1.807) is 18.2 Å². The molecule has 1 aromatic rings. The fourth-order valence-corrected chi connectivity index (χ4v) is 4.32. The van der Waals surface area contributed by atoms with E-state index in [9.17, 15) is 9.59 Å². The molecular weight excluding hydrogens is 373 g/mol. The molecular formula is C19H27Cl2N3O2. The van der Waals surface area contributed by atoms with Crippen molar-refractivity contribution < 1.29 is 9.59 Å². The molecule has 1 aromatic carbocycles. The Balaban J connectivity index is 0.00000243. The van der Waals surface area contributed by atoms with Crippen LogP contribution in [0.3, 0.4) is 0 Å². The van der Waals surface area contributed by atoms with E-state index >= 15 is 0 Å². The molecule has 5 nitrogen and oxygen atoms in total. The molecule has 3 N–H and O–H groups in total. The standard InChI is InChI=1S/C19H26ClN3O2.ClH/c1-2-9-22-17(24)15-7-6-14(10-16(15)20)23-18(25)19-8-4-3-5-13(19)11-21-12-19;/h6-7,10,13,21H,2-5,8-9,11-12H2,1H3,(H,22,24)(H,23,25);1H/t13-,19+;/m0./s1. The van der Waals surface area contributed by atoms with Gasteiger partial charge in [-0.3, -0.25) is 9.59 Å². The molecule has 2 fully saturated rings. The lowest BCUT2D eigenvalue weighted by Gasteiger charge is -2.37. The SMILES string of the molecule is CCCNC(=O)c1ccc(NC(=O)[C@@]23CCCC[C@H]2CNC3)cc1Cl.Cl. The number of fused-ring (bicyclic) bond motifs is 1. The highest BCUT2D eigenvalue weighted by atomic mass is 35.5. The lowest BCUT2D eigenvalue weighted by molar-refractivity contribution is -0.128. The Morgan fingerprint density at radius 3 is 2.88 bits per heavy atom. The number of benzene rings is 1. The van der Waals surface area contributed by atoms with Crippen LogP contribution in [0.4, 0.5) is 5.69 Å². The largest absolute Gasteiger partial charge is 0.352 e. The Kier molecular flexibility index (Phi) is 7.33. The fraction of sp³-hybridized carbons (Fsp3) is 0.579. The molecule has 144 valence electrons. The summed E-state index contributed by atoms with van der Waals surface area (Å²) in [4.78, 5) is 25.0.